The first kappa shape index (κ1) is 19.2. The first-order valence-corrected chi connectivity index (χ1v) is 11.1. The molecule has 0 atom stereocenters. The molecule has 152 valence electrons. The van der Waals surface area contributed by atoms with Crippen molar-refractivity contribution in [2.24, 2.45) is 0 Å². The molecule has 1 saturated heterocycles. The van der Waals surface area contributed by atoms with E-state index in [1.54, 1.807) is 0 Å². The highest BCUT2D eigenvalue weighted by Gasteiger charge is 2.26. The van der Waals surface area contributed by atoms with Crippen LogP contribution in [-0.4, -0.2) is 46.4 Å². The number of aromatic nitrogens is 2. The van der Waals surface area contributed by atoms with Gasteiger partial charge in [0.25, 0.3) is 5.91 Å². The Hall–Kier alpha value is -2.83. The lowest BCUT2D eigenvalue weighted by Crippen LogP contribution is -2.48. The summed E-state index contributed by atoms with van der Waals surface area (Å²) in [5.74, 6) is 0.0926. The van der Waals surface area contributed by atoms with Crippen molar-refractivity contribution < 1.29 is 4.79 Å². The van der Waals surface area contributed by atoms with E-state index >= 15 is 0 Å². The Morgan fingerprint density at radius 1 is 1.03 bits per heavy atom. The third-order valence-corrected chi connectivity index (χ3v) is 6.94. The molecule has 0 saturated carbocycles. The highest BCUT2D eigenvalue weighted by atomic mass is 35.5. The van der Waals surface area contributed by atoms with Gasteiger partial charge in [-0.2, -0.15) is 0 Å². The van der Waals surface area contributed by atoms with Gasteiger partial charge in [0, 0.05) is 54.3 Å². The first-order chi connectivity index (χ1) is 14.6. The predicted molar refractivity (Wildman–Crippen MR) is 123 cm³/mol. The number of fused-ring (bicyclic) bond motifs is 1. The molecule has 3 heterocycles. The molecule has 0 spiro atoms. The molecular formula is C23H21ClN4OS. The van der Waals surface area contributed by atoms with E-state index in [0.717, 1.165) is 50.6 Å². The van der Waals surface area contributed by atoms with Crippen molar-refractivity contribution in [2.75, 3.05) is 31.1 Å². The average Bonchev–Trinajstić information content (AvgIpc) is 3.33. The number of carbonyl (C=O) groups is 1. The molecule has 0 bridgehead atoms. The van der Waals surface area contributed by atoms with Crippen LogP contribution in [0.15, 0.2) is 60.8 Å². The summed E-state index contributed by atoms with van der Waals surface area (Å²) in [7, 11) is 0. The molecule has 1 fully saturated rings. The van der Waals surface area contributed by atoms with Crippen LogP contribution in [0.4, 0.5) is 5.69 Å². The van der Waals surface area contributed by atoms with Crippen LogP contribution >= 0.6 is 22.9 Å². The molecule has 1 aliphatic rings. The number of nitrogens with zero attached hydrogens (tertiary/aromatic N) is 4. The van der Waals surface area contributed by atoms with Crippen molar-refractivity contribution in [3.8, 4) is 11.3 Å². The Kier molecular flexibility index (Phi) is 4.97. The van der Waals surface area contributed by atoms with Gasteiger partial charge in [0.15, 0.2) is 4.96 Å². The van der Waals surface area contributed by atoms with Gasteiger partial charge in [-0.15, -0.1) is 0 Å². The number of benzene rings is 2. The fourth-order valence-corrected chi connectivity index (χ4v) is 5.14. The fraction of sp³-hybridized carbons (Fsp3) is 0.217. The molecular weight excluding hydrogens is 416 g/mol. The van der Waals surface area contributed by atoms with E-state index in [0.29, 0.717) is 13.1 Å². The predicted octanol–water partition coefficient (Wildman–Crippen LogP) is 4.99. The maximum atomic E-state index is 13.2. The first-order valence-electron chi connectivity index (χ1n) is 9.94. The summed E-state index contributed by atoms with van der Waals surface area (Å²) < 4.78 is 2.03. The van der Waals surface area contributed by atoms with Gasteiger partial charge in [0.1, 0.15) is 4.88 Å². The van der Waals surface area contributed by atoms with Crippen molar-refractivity contribution >= 4 is 39.5 Å². The molecule has 1 aliphatic heterocycles. The van der Waals surface area contributed by atoms with Crippen molar-refractivity contribution in [3.05, 3.63) is 76.4 Å². The van der Waals surface area contributed by atoms with Crippen LogP contribution in [0.2, 0.25) is 5.02 Å². The molecule has 2 aromatic carbocycles. The van der Waals surface area contributed by atoms with Gasteiger partial charge in [-0.3, -0.25) is 9.20 Å². The number of anilines is 1. The maximum Gasteiger partial charge on any atom is 0.265 e. The third-order valence-electron chi connectivity index (χ3n) is 5.56. The quantitative estimate of drug-likeness (QED) is 0.454. The smallest absolute Gasteiger partial charge is 0.265 e. The highest BCUT2D eigenvalue weighted by molar-refractivity contribution is 7.19. The van der Waals surface area contributed by atoms with Gasteiger partial charge in [-0.25, -0.2) is 4.98 Å². The van der Waals surface area contributed by atoms with E-state index < -0.39 is 0 Å². The number of amides is 1. The summed E-state index contributed by atoms with van der Waals surface area (Å²) in [6, 6.07) is 18.0. The maximum absolute atomic E-state index is 13.2. The van der Waals surface area contributed by atoms with Crippen molar-refractivity contribution in [1.82, 2.24) is 14.3 Å². The SMILES string of the molecule is Cc1c(C(=O)N2CCN(c3cccc(Cl)c3)CC2)sc2nc(-c3ccccc3)cn12. The van der Waals surface area contributed by atoms with E-state index in [1.165, 1.54) is 11.3 Å². The lowest BCUT2D eigenvalue weighted by Gasteiger charge is -2.36. The van der Waals surface area contributed by atoms with Crippen LogP contribution in [0, 0.1) is 6.92 Å². The van der Waals surface area contributed by atoms with Gasteiger partial charge in [0.05, 0.1) is 5.69 Å². The van der Waals surface area contributed by atoms with Gasteiger partial charge in [0.2, 0.25) is 0 Å². The number of imidazole rings is 1. The minimum absolute atomic E-state index is 0.0926. The summed E-state index contributed by atoms with van der Waals surface area (Å²) in [6.45, 7) is 4.98. The van der Waals surface area contributed by atoms with Crippen LogP contribution in [0.5, 0.6) is 0 Å². The van der Waals surface area contributed by atoms with Gasteiger partial charge in [-0.1, -0.05) is 59.3 Å². The minimum atomic E-state index is 0.0926. The summed E-state index contributed by atoms with van der Waals surface area (Å²) in [4.78, 5) is 23.8. The Bertz CT molecular complexity index is 1210. The van der Waals surface area contributed by atoms with E-state index in [-0.39, 0.29) is 5.91 Å². The molecule has 5 rings (SSSR count). The zero-order valence-corrected chi connectivity index (χ0v) is 18.2. The second kappa shape index (κ2) is 7.78. The number of carbonyl (C=O) groups excluding carboxylic acids is 1. The summed E-state index contributed by atoms with van der Waals surface area (Å²) in [5.41, 5.74) is 4.07. The zero-order chi connectivity index (χ0) is 20.7. The molecule has 0 N–H and O–H groups in total. The van der Waals surface area contributed by atoms with E-state index in [2.05, 4.69) is 11.0 Å². The standard InChI is InChI=1S/C23H21ClN4OS/c1-16-21(30-23-25-20(15-28(16)23)17-6-3-2-4-7-17)22(29)27-12-10-26(11-13-27)19-9-5-8-18(24)14-19/h2-9,14-15H,10-13H2,1H3. The number of aryl methyl sites for hydroxylation is 1. The third kappa shape index (κ3) is 3.46. The number of thiazole rings is 1. The summed E-state index contributed by atoms with van der Waals surface area (Å²) >= 11 is 7.59. The van der Waals surface area contributed by atoms with Crippen molar-refractivity contribution in [3.63, 3.8) is 0 Å². The van der Waals surface area contributed by atoms with Gasteiger partial charge >= 0.3 is 0 Å². The molecule has 2 aromatic heterocycles. The number of halogens is 1. The Labute approximate surface area is 184 Å². The van der Waals surface area contributed by atoms with E-state index in [4.69, 9.17) is 16.6 Å². The van der Waals surface area contributed by atoms with Crippen LogP contribution in [-0.2, 0) is 0 Å². The lowest BCUT2D eigenvalue weighted by molar-refractivity contribution is 0.0750. The minimum Gasteiger partial charge on any atom is -0.368 e. The van der Waals surface area contributed by atoms with Crippen molar-refractivity contribution in [2.45, 2.75) is 6.92 Å². The fourth-order valence-electron chi connectivity index (χ4n) is 3.88. The van der Waals surface area contributed by atoms with Gasteiger partial charge in [-0.05, 0) is 25.1 Å². The van der Waals surface area contributed by atoms with Crippen LogP contribution in [0.3, 0.4) is 0 Å². The number of hydrogen-bond acceptors (Lipinski definition) is 4. The molecule has 7 heteroatoms. The van der Waals surface area contributed by atoms with Crippen LogP contribution < -0.4 is 4.90 Å². The second-order valence-electron chi connectivity index (χ2n) is 7.42. The Morgan fingerprint density at radius 2 is 1.80 bits per heavy atom. The molecule has 30 heavy (non-hydrogen) atoms. The molecule has 0 radical (unpaired) electrons. The normalized spacial score (nSPS) is 14.5. The topological polar surface area (TPSA) is 40.9 Å². The number of rotatable bonds is 3. The number of hydrogen-bond donors (Lipinski definition) is 0. The molecule has 5 nitrogen and oxygen atoms in total. The number of piperazine rings is 1. The van der Waals surface area contributed by atoms with Gasteiger partial charge < -0.3 is 9.80 Å². The molecule has 0 aliphatic carbocycles. The summed E-state index contributed by atoms with van der Waals surface area (Å²) in [6.07, 6.45) is 2.02. The second-order valence-corrected chi connectivity index (χ2v) is 8.83. The average molecular weight is 437 g/mol. The molecule has 4 aromatic rings. The van der Waals surface area contributed by atoms with Crippen molar-refractivity contribution in [1.29, 1.82) is 0 Å². The Balaban J connectivity index is 1.33. The lowest BCUT2D eigenvalue weighted by atomic mass is 10.2. The van der Waals surface area contributed by atoms with Crippen LogP contribution in [0.1, 0.15) is 15.4 Å². The molecule has 0 unspecified atom stereocenters. The van der Waals surface area contributed by atoms with Crippen LogP contribution in [0.25, 0.3) is 16.2 Å². The largest absolute Gasteiger partial charge is 0.368 e. The highest BCUT2D eigenvalue weighted by Crippen LogP contribution is 2.29. The zero-order valence-electron chi connectivity index (χ0n) is 16.6. The van der Waals surface area contributed by atoms with E-state index in [1.807, 2.05) is 71.0 Å². The Morgan fingerprint density at radius 3 is 2.50 bits per heavy atom. The molecule has 1 amide bonds. The monoisotopic (exact) mass is 436 g/mol. The summed E-state index contributed by atoms with van der Waals surface area (Å²) in [5, 5.41) is 0.735. The van der Waals surface area contributed by atoms with E-state index in [9.17, 15) is 4.79 Å².